The third-order valence-electron chi connectivity index (χ3n) is 4.34. The zero-order valence-electron chi connectivity index (χ0n) is 11.0. The average molecular weight is 236 g/mol. The highest BCUT2D eigenvalue weighted by Gasteiger charge is 2.65. The molecule has 17 heavy (non-hydrogen) atoms. The van der Waals surface area contributed by atoms with Crippen molar-refractivity contribution in [2.24, 2.45) is 10.8 Å². The first-order chi connectivity index (χ1) is 7.82. The van der Waals surface area contributed by atoms with Gasteiger partial charge in [0.2, 0.25) is 5.88 Å². The summed E-state index contributed by atoms with van der Waals surface area (Å²) in [7, 11) is 1.55. The van der Waals surface area contributed by atoms with Crippen molar-refractivity contribution in [2.75, 3.05) is 18.2 Å². The number of aromatic nitrogens is 2. The van der Waals surface area contributed by atoms with E-state index < -0.39 is 0 Å². The van der Waals surface area contributed by atoms with E-state index in [4.69, 9.17) is 10.5 Å². The first-order valence-corrected chi connectivity index (χ1v) is 5.73. The van der Waals surface area contributed by atoms with E-state index in [-0.39, 0.29) is 10.8 Å². The molecule has 1 aromatic rings. The van der Waals surface area contributed by atoms with Crippen molar-refractivity contribution in [1.29, 1.82) is 0 Å². The number of nitrogens with zero attached hydrogens (tertiary/aromatic N) is 2. The number of nitrogen functional groups attached to an aromatic ring is 1. The van der Waals surface area contributed by atoms with Crippen LogP contribution in [0.25, 0.3) is 0 Å². The number of hydrogen-bond donors (Lipinski definition) is 2. The van der Waals surface area contributed by atoms with E-state index in [1.165, 1.54) is 6.33 Å². The summed E-state index contributed by atoms with van der Waals surface area (Å²) in [6, 6.07) is 0.358. The van der Waals surface area contributed by atoms with Crippen molar-refractivity contribution in [3.63, 3.8) is 0 Å². The normalized spacial score (nSPS) is 21.0. The molecule has 0 bridgehead atoms. The monoisotopic (exact) mass is 236 g/mol. The number of rotatable bonds is 3. The van der Waals surface area contributed by atoms with Gasteiger partial charge in [-0.25, -0.2) is 4.98 Å². The van der Waals surface area contributed by atoms with Crippen LogP contribution < -0.4 is 15.8 Å². The Bertz CT molecular complexity index is 428. The lowest BCUT2D eigenvalue weighted by molar-refractivity contribution is 0.399. The van der Waals surface area contributed by atoms with Crippen LogP contribution in [0.3, 0.4) is 0 Å². The fourth-order valence-corrected chi connectivity index (χ4v) is 2.35. The largest absolute Gasteiger partial charge is 0.479 e. The van der Waals surface area contributed by atoms with Gasteiger partial charge in [-0.2, -0.15) is 4.98 Å². The van der Waals surface area contributed by atoms with Crippen LogP contribution >= 0.6 is 0 Å². The van der Waals surface area contributed by atoms with Crippen LogP contribution in [-0.2, 0) is 0 Å². The average Bonchev–Trinajstić information content (AvgIpc) is 2.63. The van der Waals surface area contributed by atoms with E-state index in [0.717, 1.165) is 0 Å². The van der Waals surface area contributed by atoms with E-state index in [1.807, 2.05) is 0 Å². The Kier molecular flexibility index (Phi) is 2.45. The van der Waals surface area contributed by atoms with Crippen molar-refractivity contribution in [3.8, 4) is 5.88 Å². The maximum absolute atomic E-state index is 5.93. The summed E-state index contributed by atoms with van der Waals surface area (Å²) in [4.78, 5) is 8.13. The molecule has 0 aliphatic heterocycles. The number of nitrogens with two attached hydrogens (primary N) is 1. The standard InChI is InChI=1S/C12H20N4O/c1-11(2)10(12(11,3)4)16-8-7(13)9(17-5)15-6-14-8/h6,10H,13H2,1-5H3,(H,14,15,16). The molecule has 0 saturated heterocycles. The summed E-state index contributed by atoms with van der Waals surface area (Å²) in [5.41, 5.74) is 6.87. The summed E-state index contributed by atoms with van der Waals surface area (Å²) in [5.74, 6) is 1.07. The molecule has 0 unspecified atom stereocenters. The van der Waals surface area contributed by atoms with Crippen LogP contribution in [0.5, 0.6) is 5.88 Å². The topological polar surface area (TPSA) is 73.1 Å². The Balaban J connectivity index is 2.22. The summed E-state index contributed by atoms with van der Waals surface area (Å²) >= 11 is 0. The van der Waals surface area contributed by atoms with Crippen LogP contribution in [-0.4, -0.2) is 23.1 Å². The molecule has 5 nitrogen and oxygen atoms in total. The van der Waals surface area contributed by atoms with E-state index in [1.54, 1.807) is 7.11 Å². The second kappa shape index (κ2) is 3.48. The maximum atomic E-state index is 5.93. The lowest BCUT2D eigenvalue weighted by Crippen LogP contribution is -2.13. The minimum atomic E-state index is 0.234. The van der Waals surface area contributed by atoms with E-state index in [9.17, 15) is 0 Å². The second-order valence-corrected chi connectivity index (χ2v) is 5.67. The highest BCUT2D eigenvalue weighted by Crippen LogP contribution is 2.63. The minimum Gasteiger partial charge on any atom is -0.479 e. The highest BCUT2D eigenvalue weighted by atomic mass is 16.5. The van der Waals surface area contributed by atoms with Crippen molar-refractivity contribution >= 4 is 11.5 Å². The molecule has 0 spiro atoms. The number of ether oxygens (including phenoxy) is 1. The van der Waals surface area contributed by atoms with Gasteiger partial charge in [0.05, 0.1) is 7.11 Å². The van der Waals surface area contributed by atoms with Crippen molar-refractivity contribution in [2.45, 2.75) is 33.7 Å². The van der Waals surface area contributed by atoms with E-state index in [2.05, 4.69) is 43.0 Å². The lowest BCUT2D eigenvalue weighted by Gasteiger charge is -2.11. The van der Waals surface area contributed by atoms with Crippen LogP contribution in [0.1, 0.15) is 27.7 Å². The van der Waals surface area contributed by atoms with Gasteiger partial charge in [0, 0.05) is 6.04 Å². The van der Waals surface area contributed by atoms with Gasteiger partial charge in [-0.1, -0.05) is 27.7 Å². The van der Waals surface area contributed by atoms with Crippen molar-refractivity contribution in [1.82, 2.24) is 9.97 Å². The van der Waals surface area contributed by atoms with Gasteiger partial charge in [-0.3, -0.25) is 0 Å². The zero-order valence-corrected chi connectivity index (χ0v) is 11.0. The van der Waals surface area contributed by atoms with Crippen LogP contribution in [0.15, 0.2) is 6.33 Å². The molecule has 1 heterocycles. The predicted molar refractivity (Wildman–Crippen MR) is 68.0 cm³/mol. The Hall–Kier alpha value is -1.52. The summed E-state index contributed by atoms with van der Waals surface area (Å²) < 4.78 is 5.08. The Morgan fingerprint density at radius 3 is 2.29 bits per heavy atom. The smallest absolute Gasteiger partial charge is 0.242 e. The fourth-order valence-electron chi connectivity index (χ4n) is 2.35. The zero-order chi connectivity index (χ0) is 12.8. The Morgan fingerprint density at radius 1 is 1.24 bits per heavy atom. The quantitative estimate of drug-likeness (QED) is 0.838. The molecule has 5 heteroatoms. The Morgan fingerprint density at radius 2 is 1.82 bits per heavy atom. The molecule has 1 aliphatic carbocycles. The molecule has 2 rings (SSSR count). The van der Waals surface area contributed by atoms with Crippen molar-refractivity contribution < 1.29 is 4.74 Å². The van der Waals surface area contributed by atoms with Crippen LogP contribution in [0.2, 0.25) is 0 Å². The molecule has 1 aliphatic rings. The molecule has 94 valence electrons. The molecule has 1 aromatic heterocycles. The Labute approximate surface area is 102 Å². The molecule has 0 atom stereocenters. The number of hydrogen-bond acceptors (Lipinski definition) is 5. The highest BCUT2D eigenvalue weighted by molar-refractivity contribution is 5.67. The van der Waals surface area contributed by atoms with Gasteiger partial charge in [0.25, 0.3) is 0 Å². The fraction of sp³-hybridized carbons (Fsp3) is 0.667. The van der Waals surface area contributed by atoms with Gasteiger partial charge in [-0.15, -0.1) is 0 Å². The van der Waals surface area contributed by atoms with E-state index >= 15 is 0 Å². The van der Waals surface area contributed by atoms with Gasteiger partial charge in [-0.05, 0) is 10.8 Å². The number of anilines is 2. The van der Waals surface area contributed by atoms with Gasteiger partial charge < -0.3 is 15.8 Å². The van der Waals surface area contributed by atoms with Gasteiger partial charge >= 0.3 is 0 Å². The first-order valence-electron chi connectivity index (χ1n) is 5.73. The third-order valence-corrected chi connectivity index (χ3v) is 4.34. The van der Waals surface area contributed by atoms with Crippen molar-refractivity contribution in [3.05, 3.63) is 6.33 Å². The van der Waals surface area contributed by atoms with Crippen LogP contribution in [0, 0.1) is 10.8 Å². The molecule has 1 fully saturated rings. The predicted octanol–water partition coefficient (Wildman–Crippen LogP) is 1.91. The maximum Gasteiger partial charge on any atom is 0.242 e. The molecule has 1 saturated carbocycles. The third kappa shape index (κ3) is 1.61. The molecule has 0 radical (unpaired) electrons. The molecule has 0 amide bonds. The number of nitrogens with one attached hydrogen (secondary N) is 1. The number of methoxy groups -OCH3 is 1. The minimum absolute atomic E-state index is 0.234. The van der Waals surface area contributed by atoms with Gasteiger partial charge in [0.1, 0.15) is 12.0 Å². The summed E-state index contributed by atoms with van der Waals surface area (Å²) in [6.07, 6.45) is 1.46. The second-order valence-electron chi connectivity index (χ2n) is 5.67. The first kappa shape index (κ1) is 12.0. The van der Waals surface area contributed by atoms with Crippen LogP contribution in [0.4, 0.5) is 11.5 Å². The SMILES string of the molecule is COc1ncnc(NC2C(C)(C)C2(C)C)c1N. The molecular weight excluding hydrogens is 216 g/mol. The lowest BCUT2D eigenvalue weighted by atomic mass is 10.0. The van der Waals surface area contributed by atoms with Gasteiger partial charge in [0.15, 0.2) is 5.82 Å². The molecular formula is C12H20N4O. The summed E-state index contributed by atoms with van der Waals surface area (Å²) in [5, 5.41) is 3.38. The molecule has 3 N–H and O–H groups in total. The van der Waals surface area contributed by atoms with E-state index in [0.29, 0.717) is 23.4 Å². The molecule has 0 aromatic carbocycles. The summed E-state index contributed by atoms with van der Waals surface area (Å²) in [6.45, 7) is 8.94.